The van der Waals surface area contributed by atoms with Gasteiger partial charge in [0.1, 0.15) is 0 Å². The topological polar surface area (TPSA) is 56.4 Å². The van der Waals surface area contributed by atoms with Gasteiger partial charge in [-0.1, -0.05) is 18.2 Å². The monoisotopic (exact) mass is 325 g/mol. The average molecular weight is 325 g/mol. The lowest BCUT2D eigenvalue weighted by Gasteiger charge is -2.34. The average Bonchev–Trinajstić information content (AvgIpc) is 3.40. The number of aromatic nitrogens is 1. The highest BCUT2D eigenvalue weighted by Gasteiger charge is 2.27. The molecule has 4 rings (SSSR count). The van der Waals surface area contributed by atoms with Crippen LogP contribution in [0.15, 0.2) is 35.1 Å². The number of carbonyl (C=O) groups excluding carboxylic acids is 1. The molecule has 2 fully saturated rings. The molecule has 24 heavy (non-hydrogen) atoms. The number of amides is 1. The van der Waals surface area contributed by atoms with Gasteiger partial charge in [0.15, 0.2) is 0 Å². The number of rotatable bonds is 4. The van der Waals surface area contributed by atoms with Crippen molar-refractivity contribution < 1.29 is 4.79 Å². The summed E-state index contributed by atoms with van der Waals surface area (Å²) in [7, 11) is 0. The van der Waals surface area contributed by atoms with E-state index in [1.165, 1.54) is 19.4 Å². The predicted molar refractivity (Wildman–Crippen MR) is 94.0 cm³/mol. The zero-order chi connectivity index (χ0) is 16.5. The van der Waals surface area contributed by atoms with E-state index >= 15 is 0 Å². The number of nitrogens with one attached hydrogen (secondary N) is 1. The molecule has 0 spiro atoms. The third-order valence-corrected chi connectivity index (χ3v) is 5.11. The smallest absolute Gasteiger partial charge is 0.252 e. The van der Waals surface area contributed by atoms with E-state index in [9.17, 15) is 9.59 Å². The summed E-state index contributed by atoms with van der Waals surface area (Å²) < 4.78 is 0. The van der Waals surface area contributed by atoms with Crippen molar-refractivity contribution in [2.24, 2.45) is 5.92 Å². The molecule has 1 aromatic carbocycles. The van der Waals surface area contributed by atoms with Gasteiger partial charge < -0.3 is 9.88 Å². The van der Waals surface area contributed by atoms with Crippen molar-refractivity contribution in [3.63, 3.8) is 0 Å². The van der Waals surface area contributed by atoms with E-state index in [1.54, 1.807) is 0 Å². The Kier molecular flexibility index (Phi) is 4.10. The highest BCUT2D eigenvalue weighted by atomic mass is 16.2. The molecule has 0 radical (unpaired) electrons. The van der Waals surface area contributed by atoms with E-state index in [4.69, 9.17) is 0 Å². The first-order chi connectivity index (χ1) is 11.7. The van der Waals surface area contributed by atoms with Crippen LogP contribution in [0.4, 0.5) is 0 Å². The molecule has 5 heteroatoms. The third-order valence-electron chi connectivity index (χ3n) is 5.11. The molecule has 2 aliphatic rings. The van der Waals surface area contributed by atoms with Crippen molar-refractivity contribution >= 4 is 16.8 Å². The molecule has 1 saturated carbocycles. The van der Waals surface area contributed by atoms with Crippen molar-refractivity contribution in [3.05, 3.63) is 46.2 Å². The number of carbonyl (C=O) groups is 1. The summed E-state index contributed by atoms with van der Waals surface area (Å²) >= 11 is 0. The molecule has 5 nitrogen and oxygen atoms in total. The van der Waals surface area contributed by atoms with Gasteiger partial charge >= 0.3 is 0 Å². The summed E-state index contributed by atoms with van der Waals surface area (Å²) in [5.41, 5.74) is 1.21. The van der Waals surface area contributed by atoms with Crippen LogP contribution in [0.25, 0.3) is 10.9 Å². The standard InChI is InChI=1S/C19H23N3O2/c23-18(22-9-7-21(8-10-22)13-14-5-6-14)12-16-11-15-3-1-2-4-17(15)20-19(16)24/h1-4,11,14H,5-10,12-13H2,(H,20,24). The second kappa shape index (κ2) is 6.40. The van der Waals surface area contributed by atoms with Gasteiger partial charge in [-0.3, -0.25) is 14.5 Å². The Morgan fingerprint density at radius 2 is 1.88 bits per heavy atom. The highest BCUT2D eigenvalue weighted by Crippen LogP contribution is 2.29. The second-order valence-corrected chi connectivity index (χ2v) is 7.01. The van der Waals surface area contributed by atoms with Crippen molar-refractivity contribution in [3.8, 4) is 0 Å². The normalized spacial score (nSPS) is 18.9. The van der Waals surface area contributed by atoms with Gasteiger partial charge in [0, 0.05) is 43.8 Å². The Bertz CT molecular complexity index is 802. The van der Waals surface area contributed by atoms with Gasteiger partial charge in [-0.25, -0.2) is 0 Å². The summed E-state index contributed by atoms with van der Waals surface area (Å²) in [5, 5.41) is 0.967. The summed E-state index contributed by atoms with van der Waals surface area (Å²) in [6, 6.07) is 9.50. The number of H-pyrrole nitrogens is 1. The quantitative estimate of drug-likeness (QED) is 0.929. The minimum absolute atomic E-state index is 0.0573. The van der Waals surface area contributed by atoms with E-state index < -0.39 is 0 Å². The van der Waals surface area contributed by atoms with Gasteiger partial charge in [-0.2, -0.15) is 0 Å². The molecule has 0 atom stereocenters. The van der Waals surface area contributed by atoms with Crippen molar-refractivity contribution in [2.75, 3.05) is 32.7 Å². The zero-order valence-corrected chi connectivity index (χ0v) is 13.8. The van der Waals surface area contributed by atoms with Gasteiger partial charge in [0.25, 0.3) is 5.56 Å². The maximum atomic E-state index is 12.6. The minimum atomic E-state index is -0.158. The lowest BCUT2D eigenvalue weighted by atomic mass is 10.1. The summed E-state index contributed by atoms with van der Waals surface area (Å²) in [4.78, 5) is 32.0. The van der Waals surface area contributed by atoms with Crippen LogP contribution in [0.3, 0.4) is 0 Å². The Morgan fingerprint density at radius 3 is 2.62 bits per heavy atom. The van der Waals surface area contributed by atoms with Crippen LogP contribution in [-0.2, 0) is 11.2 Å². The number of pyridine rings is 1. The maximum absolute atomic E-state index is 12.6. The van der Waals surface area contributed by atoms with Crippen molar-refractivity contribution in [1.29, 1.82) is 0 Å². The highest BCUT2D eigenvalue weighted by molar-refractivity contribution is 5.82. The largest absolute Gasteiger partial charge is 0.340 e. The Labute approximate surface area is 141 Å². The van der Waals surface area contributed by atoms with E-state index in [1.807, 2.05) is 35.2 Å². The first kappa shape index (κ1) is 15.4. The van der Waals surface area contributed by atoms with Crippen LogP contribution in [0, 0.1) is 5.92 Å². The molecule has 2 aromatic rings. The fourth-order valence-corrected chi connectivity index (χ4v) is 3.44. The van der Waals surface area contributed by atoms with Gasteiger partial charge in [0.05, 0.1) is 6.42 Å². The molecule has 126 valence electrons. The summed E-state index contributed by atoms with van der Waals surface area (Å²) in [6.07, 6.45) is 2.91. The molecule has 2 heterocycles. The molecular formula is C19H23N3O2. The number of aromatic amines is 1. The zero-order valence-electron chi connectivity index (χ0n) is 13.8. The number of hydrogen-bond donors (Lipinski definition) is 1. The Balaban J connectivity index is 1.40. The number of nitrogens with zero attached hydrogens (tertiary/aromatic N) is 2. The molecule has 1 amide bonds. The molecule has 1 aromatic heterocycles. The molecule has 1 N–H and O–H groups in total. The van der Waals surface area contributed by atoms with Crippen molar-refractivity contribution in [2.45, 2.75) is 19.3 Å². The van der Waals surface area contributed by atoms with Crippen LogP contribution in [-0.4, -0.2) is 53.4 Å². The first-order valence-corrected chi connectivity index (χ1v) is 8.80. The lowest BCUT2D eigenvalue weighted by molar-refractivity contribution is -0.132. The minimum Gasteiger partial charge on any atom is -0.340 e. The predicted octanol–water partition coefficient (Wildman–Crippen LogP) is 1.62. The lowest BCUT2D eigenvalue weighted by Crippen LogP contribution is -2.49. The molecule has 0 bridgehead atoms. The SMILES string of the molecule is O=C(Cc1cc2ccccc2[nH]c1=O)N1CCN(CC2CC2)CC1. The number of fused-ring (bicyclic) bond motifs is 1. The Hall–Kier alpha value is -2.14. The molecule has 0 unspecified atom stereocenters. The maximum Gasteiger partial charge on any atom is 0.252 e. The van der Waals surface area contributed by atoms with Crippen LogP contribution in [0.2, 0.25) is 0 Å². The summed E-state index contributed by atoms with van der Waals surface area (Å²) in [5.74, 6) is 0.949. The van der Waals surface area contributed by atoms with Crippen molar-refractivity contribution in [1.82, 2.24) is 14.8 Å². The molecular weight excluding hydrogens is 302 g/mol. The fraction of sp³-hybridized carbons (Fsp3) is 0.474. The van der Waals surface area contributed by atoms with Crippen LogP contribution < -0.4 is 5.56 Å². The third kappa shape index (κ3) is 3.36. The second-order valence-electron chi connectivity index (χ2n) is 7.01. The first-order valence-electron chi connectivity index (χ1n) is 8.80. The van der Waals surface area contributed by atoms with Gasteiger partial charge in [0.2, 0.25) is 5.91 Å². The van der Waals surface area contributed by atoms with E-state index in [-0.39, 0.29) is 17.9 Å². The van der Waals surface area contributed by atoms with Crippen LogP contribution >= 0.6 is 0 Å². The molecule has 1 saturated heterocycles. The number of para-hydroxylation sites is 1. The van der Waals surface area contributed by atoms with E-state index in [2.05, 4.69) is 9.88 Å². The summed E-state index contributed by atoms with van der Waals surface area (Å²) in [6.45, 7) is 4.65. The van der Waals surface area contributed by atoms with Gasteiger partial charge in [-0.05, 0) is 36.3 Å². The van der Waals surface area contributed by atoms with Crippen LogP contribution in [0.1, 0.15) is 18.4 Å². The number of piperazine rings is 1. The van der Waals surface area contributed by atoms with Crippen LogP contribution in [0.5, 0.6) is 0 Å². The fourth-order valence-electron chi connectivity index (χ4n) is 3.44. The molecule has 1 aliphatic heterocycles. The number of benzene rings is 1. The van der Waals surface area contributed by atoms with E-state index in [0.717, 1.165) is 43.0 Å². The molecule has 1 aliphatic carbocycles. The van der Waals surface area contributed by atoms with E-state index in [0.29, 0.717) is 5.56 Å². The Morgan fingerprint density at radius 1 is 1.12 bits per heavy atom. The number of hydrogen-bond acceptors (Lipinski definition) is 3. The van der Waals surface area contributed by atoms with Gasteiger partial charge in [-0.15, -0.1) is 0 Å².